The number of nitriles is 1. The summed E-state index contributed by atoms with van der Waals surface area (Å²) in [5, 5.41) is 16.3. The van der Waals surface area contributed by atoms with Crippen molar-refractivity contribution in [3.05, 3.63) is 53.6 Å². The van der Waals surface area contributed by atoms with Crippen molar-refractivity contribution in [2.24, 2.45) is 0 Å². The predicted molar refractivity (Wildman–Crippen MR) is 114 cm³/mol. The quantitative estimate of drug-likeness (QED) is 0.624. The van der Waals surface area contributed by atoms with Crippen LogP contribution in [0, 0.1) is 25.2 Å². The molecule has 4 rings (SSSR count). The number of amides is 1. The number of carbonyl (C=O) groups excluding carboxylic acids is 1. The lowest BCUT2D eigenvalue weighted by atomic mass is 9.86. The minimum absolute atomic E-state index is 0.206. The number of anilines is 3. The van der Waals surface area contributed by atoms with Gasteiger partial charge < -0.3 is 15.5 Å². The van der Waals surface area contributed by atoms with E-state index in [0.717, 1.165) is 22.1 Å². The van der Waals surface area contributed by atoms with Crippen molar-refractivity contribution >= 4 is 34.2 Å². The molecule has 0 spiro atoms. The van der Waals surface area contributed by atoms with Gasteiger partial charge in [-0.3, -0.25) is 9.78 Å². The van der Waals surface area contributed by atoms with Crippen LogP contribution in [0.5, 0.6) is 0 Å². The molecule has 0 aliphatic carbocycles. The van der Waals surface area contributed by atoms with Crippen LogP contribution in [-0.4, -0.2) is 43.9 Å². The first-order valence-electron chi connectivity index (χ1n) is 9.37. The first-order chi connectivity index (χ1) is 14.5. The highest BCUT2D eigenvalue weighted by atomic mass is 32.1. The van der Waals surface area contributed by atoms with E-state index in [1.165, 1.54) is 11.5 Å². The Morgan fingerprint density at radius 3 is 2.83 bits per heavy atom. The van der Waals surface area contributed by atoms with Gasteiger partial charge in [-0.2, -0.15) is 14.6 Å². The van der Waals surface area contributed by atoms with E-state index in [-0.39, 0.29) is 12.3 Å². The molecule has 1 aliphatic rings. The Kier molecular flexibility index (Phi) is 5.29. The number of aromatic nitrogens is 4. The van der Waals surface area contributed by atoms with Crippen LogP contribution < -0.4 is 15.5 Å². The monoisotopic (exact) mass is 420 g/mol. The molecule has 9 nitrogen and oxygen atoms in total. The maximum atomic E-state index is 12.6. The van der Waals surface area contributed by atoms with Crippen LogP contribution in [0.25, 0.3) is 0 Å². The Morgan fingerprint density at radius 2 is 2.17 bits per heavy atom. The summed E-state index contributed by atoms with van der Waals surface area (Å²) in [7, 11) is 0. The molecule has 3 aromatic heterocycles. The van der Waals surface area contributed by atoms with Crippen LogP contribution >= 0.6 is 11.5 Å². The fourth-order valence-electron chi connectivity index (χ4n) is 3.37. The van der Waals surface area contributed by atoms with Gasteiger partial charge in [0.2, 0.25) is 5.95 Å². The highest BCUT2D eigenvalue weighted by Crippen LogP contribution is 2.32. The molecule has 10 heteroatoms. The lowest BCUT2D eigenvalue weighted by Gasteiger charge is -2.50. The molecule has 1 amide bonds. The van der Waals surface area contributed by atoms with Gasteiger partial charge in [0.1, 0.15) is 16.5 Å². The lowest BCUT2D eigenvalue weighted by Crippen LogP contribution is -2.70. The minimum atomic E-state index is -0.636. The Hall–Kier alpha value is -3.58. The maximum absolute atomic E-state index is 12.6. The molecular formula is C20H20N8OS. The van der Waals surface area contributed by atoms with Gasteiger partial charge in [-0.15, -0.1) is 0 Å². The number of pyridine rings is 1. The average molecular weight is 421 g/mol. The van der Waals surface area contributed by atoms with Gasteiger partial charge in [-0.05, 0) is 43.6 Å². The SMILES string of the molecule is Cc1cc(Nc2ncc(C)c(N3CC(CC#N)(NC(=O)c4ccccn4)C3)n2)sn1. The molecular weight excluding hydrogens is 400 g/mol. The molecule has 0 saturated carbocycles. The third kappa shape index (κ3) is 4.06. The first kappa shape index (κ1) is 19.7. The topological polar surface area (TPSA) is 120 Å². The molecule has 1 fully saturated rings. The largest absolute Gasteiger partial charge is 0.351 e. The molecule has 0 atom stereocenters. The zero-order chi connectivity index (χ0) is 21.1. The highest BCUT2D eigenvalue weighted by molar-refractivity contribution is 7.10. The molecule has 2 N–H and O–H groups in total. The second-order valence-corrected chi connectivity index (χ2v) is 8.10. The van der Waals surface area contributed by atoms with Crippen molar-refractivity contribution in [2.45, 2.75) is 25.8 Å². The minimum Gasteiger partial charge on any atom is -0.351 e. The number of nitrogens with zero attached hydrogens (tertiary/aromatic N) is 6. The molecule has 0 radical (unpaired) electrons. The normalized spacial score (nSPS) is 14.5. The molecule has 152 valence electrons. The summed E-state index contributed by atoms with van der Waals surface area (Å²) in [6.07, 6.45) is 3.54. The summed E-state index contributed by atoms with van der Waals surface area (Å²) >= 11 is 1.35. The Bertz CT molecular complexity index is 1100. The van der Waals surface area contributed by atoms with Crippen LogP contribution in [0.3, 0.4) is 0 Å². The van der Waals surface area contributed by atoms with Crippen molar-refractivity contribution in [3.8, 4) is 6.07 Å². The second-order valence-electron chi connectivity index (χ2n) is 7.30. The number of hydrogen-bond donors (Lipinski definition) is 2. The number of nitrogens with one attached hydrogen (secondary N) is 2. The van der Waals surface area contributed by atoms with Gasteiger partial charge in [0.05, 0.1) is 23.7 Å². The van der Waals surface area contributed by atoms with Gasteiger partial charge in [0, 0.05) is 31.0 Å². The van der Waals surface area contributed by atoms with Crippen molar-refractivity contribution in [2.75, 3.05) is 23.3 Å². The molecule has 0 unspecified atom stereocenters. The van der Waals surface area contributed by atoms with Gasteiger partial charge >= 0.3 is 0 Å². The van der Waals surface area contributed by atoms with Gasteiger partial charge in [0.25, 0.3) is 5.91 Å². The van der Waals surface area contributed by atoms with Crippen LogP contribution in [0.4, 0.5) is 16.8 Å². The summed E-state index contributed by atoms with van der Waals surface area (Å²) in [5.74, 6) is 0.969. The molecule has 1 aliphatic heterocycles. The van der Waals surface area contributed by atoms with E-state index in [1.54, 1.807) is 30.6 Å². The fraction of sp³-hybridized carbons (Fsp3) is 0.300. The van der Waals surface area contributed by atoms with E-state index < -0.39 is 5.54 Å². The van der Waals surface area contributed by atoms with E-state index in [0.29, 0.717) is 24.7 Å². The lowest BCUT2D eigenvalue weighted by molar-refractivity contribution is 0.0874. The van der Waals surface area contributed by atoms with E-state index in [9.17, 15) is 10.1 Å². The van der Waals surface area contributed by atoms with Crippen LogP contribution in [0.15, 0.2) is 36.7 Å². The third-order valence-corrected chi connectivity index (χ3v) is 5.58. The second kappa shape index (κ2) is 8.04. The van der Waals surface area contributed by atoms with Crippen molar-refractivity contribution in [1.29, 1.82) is 5.26 Å². The van der Waals surface area contributed by atoms with Crippen LogP contribution in [-0.2, 0) is 0 Å². The molecule has 30 heavy (non-hydrogen) atoms. The molecule has 4 heterocycles. The van der Waals surface area contributed by atoms with Crippen molar-refractivity contribution in [1.82, 2.24) is 24.6 Å². The van der Waals surface area contributed by atoms with E-state index in [1.807, 2.05) is 24.8 Å². The van der Waals surface area contributed by atoms with Gasteiger partial charge in [-0.1, -0.05) is 6.07 Å². The number of hydrogen-bond acceptors (Lipinski definition) is 9. The highest BCUT2D eigenvalue weighted by Gasteiger charge is 2.45. The number of aryl methyl sites for hydroxylation is 2. The summed E-state index contributed by atoms with van der Waals surface area (Å²) in [5.41, 5.74) is 1.55. The fourth-order valence-corrected chi connectivity index (χ4v) is 4.02. The van der Waals surface area contributed by atoms with Gasteiger partial charge in [-0.25, -0.2) is 4.98 Å². The zero-order valence-corrected chi connectivity index (χ0v) is 17.4. The predicted octanol–water partition coefficient (Wildman–Crippen LogP) is 2.59. The van der Waals surface area contributed by atoms with Crippen molar-refractivity contribution < 1.29 is 4.79 Å². The third-order valence-electron chi connectivity index (χ3n) is 4.79. The number of carbonyl (C=O) groups is 1. The summed E-state index contributed by atoms with van der Waals surface area (Å²) in [6, 6.07) is 9.29. The Morgan fingerprint density at radius 1 is 1.33 bits per heavy atom. The van der Waals surface area contributed by atoms with E-state index >= 15 is 0 Å². The molecule has 3 aromatic rings. The smallest absolute Gasteiger partial charge is 0.270 e. The maximum Gasteiger partial charge on any atom is 0.270 e. The van der Waals surface area contributed by atoms with Crippen LogP contribution in [0.1, 0.15) is 28.2 Å². The zero-order valence-electron chi connectivity index (χ0n) is 16.6. The summed E-state index contributed by atoms with van der Waals surface area (Å²) < 4.78 is 4.24. The standard InChI is InChI=1S/C20H20N8OS/c1-13-10-23-19(24-16-9-14(2)27-30-16)25-17(13)28-11-20(12-28,6-7-21)26-18(29)15-5-3-4-8-22-15/h3-5,8-10H,6,11-12H2,1-2H3,(H,26,29)(H,23,24,25). The first-order valence-corrected chi connectivity index (χ1v) is 10.1. The summed E-state index contributed by atoms with van der Waals surface area (Å²) in [4.78, 5) is 27.7. The molecule has 0 bridgehead atoms. The number of rotatable bonds is 6. The van der Waals surface area contributed by atoms with Gasteiger partial charge in [0.15, 0.2) is 0 Å². The van der Waals surface area contributed by atoms with Crippen molar-refractivity contribution in [3.63, 3.8) is 0 Å². The van der Waals surface area contributed by atoms with E-state index in [4.69, 9.17) is 0 Å². The van der Waals surface area contributed by atoms with Crippen LogP contribution in [0.2, 0.25) is 0 Å². The Labute approximate surface area is 178 Å². The Balaban J connectivity index is 1.48. The molecule has 0 aromatic carbocycles. The summed E-state index contributed by atoms with van der Waals surface area (Å²) in [6.45, 7) is 4.83. The average Bonchev–Trinajstić information content (AvgIpc) is 3.12. The van der Waals surface area contributed by atoms with E-state index in [2.05, 4.69) is 36.0 Å². The molecule has 1 saturated heterocycles.